The van der Waals surface area contributed by atoms with Gasteiger partial charge in [0.2, 0.25) is 22.7 Å². The predicted molar refractivity (Wildman–Crippen MR) is 102 cm³/mol. The molecule has 3 rings (SSSR count). The van der Waals surface area contributed by atoms with Crippen LogP contribution in [-0.4, -0.2) is 38.2 Å². The Balaban J connectivity index is 1.62. The number of benzene rings is 2. The standard InChI is InChI=1S/C19H22N2O5S/c1-14-4-3-5-16(10-14)20-19(22)8-9-21(27(2,23)24)12-15-6-7-17-18(11-15)26-13-25-17/h3-7,10-11H,8-9,12-13H2,1-2H3,(H,20,22). The number of ether oxygens (including phenoxy) is 2. The van der Waals surface area contributed by atoms with Crippen LogP contribution in [0.25, 0.3) is 0 Å². The van der Waals surface area contributed by atoms with E-state index in [1.165, 1.54) is 4.31 Å². The lowest BCUT2D eigenvalue weighted by molar-refractivity contribution is -0.116. The van der Waals surface area contributed by atoms with Crippen molar-refractivity contribution in [3.8, 4) is 11.5 Å². The fourth-order valence-electron chi connectivity index (χ4n) is 2.78. The summed E-state index contributed by atoms with van der Waals surface area (Å²) in [5.74, 6) is 1.00. The minimum absolute atomic E-state index is 0.0611. The first kappa shape index (κ1) is 19.2. The number of amides is 1. The minimum atomic E-state index is -3.47. The molecule has 27 heavy (non-hydrogen) atoms. The van der Waals surface area contributed by atoms with Gasteiger partial charge in [-0.15, -0.1) is 0 Å². The number of carbonyl (C=O) groups excluding carboxylic acids is 1. The smallest absolute Gasteiger partial charge is 0.231 e. The highest BCUT2D eigenvalue weighted by Crippen LogP contribution is 2.33. The Bertz CT molecular complexity index is 943. The average molecular weight is 390 g/mol. The molecule has 0 saturated carbocycles. The van der Waals surface area contributed by atoms with Crippen LogP contribution < -0.4 is 14.8 Å². The number of sulfonamides is 1. The molecule has 1 amide bonds. The van der Waals surface area contributed by atoms with E-state index in [4.69, 9.17) is 9.47 Å². The first-order chi connectivity index (χ1) is 12.8. The molecule has 0 bridgehead atoms. The summed E-state index contributed by atoms with van der Waals surface area (Å²) in [6.07, 6.45) is 1.20. The van der Waals surface area contributed by atoms with Gasteiger partial charge in [-0.05, 0) is 42.3 Å². The van der Waals surface area contributed by atoms with Crippen LogP contribution in [0.4, 0.5) is 5.69 Å². The summed E-state index contributed by atoms with van der Waals surface area (Å²) in [4.78, 5) is 12.2. The monoisotopic (exact) mass is 390 g/mol. The van der Waals surface area contributed by atoms with Gasteiger partial charge in [-0.3, -0.25) is 4.79 Å². The minimum Gasteiger partial charge on any atom is -0.454 e. The van der Waals surface area contributed by atoms with Crippen LogP contribution in [0.15, 0.2) is 42.5 Å². The molecule has 0 unspecified atom stereocenters. The normalized spacial score (nSPS) is 13.0. The number of carbonyl (C=O) groups is 1. The quantitative estimate of drug-likeness (QED) is 0.785. The van der Waals surface area contributed by atoms with Gasteiger partial charge >= 0.3 is 0 Å². The second kappa shape index (κ2) is 7.98. The van der Waals surface area contributed by atoms with Crippen molar-refractivity contribution < 1.29 is 22.7 Å². The van der Waals surface area contributed by atoms with Crippen molar-refractivity contribution in [3.05, 3.63) is 53.6 Å². The molecule has 0 fully saturated rings. The molecular formula is C19H22N2O5S. The van der Waals surface area contributed by atoms with Gasteiger partial charge in [0.25, 0.3) is 0 Å². The molecule has 1 N–H and O–H groups in total. The summed E-state index contributed by atoms with van der Waals surface area (Å²) in [6.45, 7) is 2.35. The zero-order valence-electron chi connectivity index (χ0n) is 15.3. The van der Waals surface area contributed by atoms with Gasteiger partial charge in [-0.2, -0.15) is 4.31 Å². The summed E-state index contributed by atoms with van der Waals surface area (Å²) >= 11 is 0. The van der Waals surface area contributed by atoms with E-state index in [2.05, 4.69) is 5.32 Å². The van der Waals surface area contributed by atoms with Crippen molar-refractivity contribution in [1.82, 2.24) is 4.31 Å². The molecule has 1 heterocycles. The van der Waals surface area contributed by atoms with Gasteiger partial charge in [-0.1, -0.05) is 18.2 Å². The van der Waals surface area contributed by atoms with Crippen molar-refractivity contribution in [3.63, 3.8) is 0 Å². The topological polar surface area (TPSA) is 84.9 Å². The van der Waals surface area contributed by atoms with Crippen molar-refractivity contribution in [2.24, 2.45) is 0 Å². The highest BCUT2D eigenvalue weighted by atomic mass is 32.2. The lowest BCUT2D eigenvalue weighted by Gasteiger charge is -2.20. The molecular weight excluding hydrogens is 368 g/mol. The van der Waals surface area contributed by atoms with E-state index in [1.807, 2.05) is 25.1 Å². The summed E-state index contributed by atoms with van der Waals surface area (Å²) in [5.41, 5.74) is 2.50. The van der Waals surface area contributed by atoms with Crippen molar-refractivity contribution >= 4 is 21.6 Å². The molecule has 0 saturated heterocycles. The van der Waals surface area contributed by atoms with Gasteiger partial charge in [0.15, 0.2) is 11.5 Å². The zero-order chi connectivity index (χ0) is 19.4. The van der Waals surface area contributed by atoms with Crippen LogP contribution in [0.5, 0.6) is 11.5 Å². The Morgan fingerprint density at radius 1 is 1.15 bits per heavy atom. The van der Waals surface area contributed by atoms with E-state index in [1.54, 1.807) is 24.3 Å². The molecule has 0 atom stereocenters. The third kappa shape index (κ3) is 5.21. The summed E-state index contributed by atoms with van der Waals surface area (Å²) in [5, 5.41) is 2.79. The van der Waals surface area contributed by atoms with Gasteiger partial charge < -0.3 is 14.8 Å². The average Bonchev–Trinajstić information content (AvgIpc) is 3.05. The van der Waals surface area contributed by atoms with E-state index >= 15 is 0 Å². The van der Waals surface area contributed by atoms with Gasteiger partial charge in [-0.25, -0.2) is 8.42 Å². The van der Waals surface area contributed by atoms with Gasteiger partial charge in [0, 0.05) is 25.2 Å². The number of fused-ring (bicyclic) bond motifs is 1. The Kier molecular flexibility index (Phi) is 5.67. The molecule has 2 aromatic rings. The molecule has 8 heteroatoms. The highest BCUT2D eigenvalue weighted by molar-refractivity contribution is 7.88. The predicted octanol–water partition coefficient (Wildman–Crippen LogP) is 2.51. The second-order valence-electron chi connectivity index (χ2n) is 6.45. The van der Waals surface area contributed by atoms with E-state index in [0.29, 0.717) is 17.2 Å². The molecule has 0 aromatic heterocycles. The first-order valence-corrected chi connectivity index (χ1v) is 10.4. The Morgan fingerprint density at radius 2 is 1.93 bits per heavy atom. The van der Waals surface area contributed by atoms with Crippen molar-refractivity contribution in [2.45, 2.75) is 19.9 Å². The third-order valence-corrected chi connectivity index (χ3v) is 5.40. The van der Waals surface area contributed by atoms with Gasteiger partial charge in [0.1, 0.15) is 0 Å². The molecule has 1 aliphatic heterocycles. The highest BCUT2D eigenvalue weighted by Gasteiger charge is 2.20. The Hall–Kier alpha value is -2.58. The van der Waals surface area contributed by atoms with Crippen LogP contribution in [0.3, 0.4) is 0 Å². The number of anilines is 1. The number of aryl methyl sites for hydroxylation is 1. The van der Waals surface area contributed by atoms with E-state index in [0.717, 1.165) is 17.4 Å². The Labute approximate surface area is 158 Å². The molecule has 2 aromatic carbocycles. The fraction of sp³-hybridized carbons (Fsp3) is 0.316. The van der Waals surface area contributed by atoms with Crippen LogP contribution in [0, 0.1) is 6.92 Å². The van der Waals surface area contributed by atoms with Crippen molar-refractivity contribution in [1.29, 1.82) is 0 Å². The number of nitrogens with one attached hydrogen (secondary N) is 1. The van der Waals surface area contributed by atoms with E-state index in [-0.39, 0.29) is 32.2 Å². The Morgan fingerprint density at radius 3 is 2.67 bits per heavy atom. The number of hydrogen-bond donors (Lipinski definition) is 1. The molecule has 1 aliphatic rings. The van der Waals surface area contributed by atoms with Crippen LogP contribution in [0.2, 0.25) is 0 Å². The molecule has 0 aliphatic carbocycles. The maximum Gasteiger partial charge on any atom is 0.231 e. The lowest BCUT2D eigenvalue weighted by atomic mass is 10.2. The SMILES string of the molecule is Cc1cccc(NC(=O)CCN(Cc2ccc3c(c2)OCO3)S(C)(=O)=O)c1. The fourth-order valence-corrected chi connectivity index (χ4v) is 3.58. The number of nitrogens with zero attached hydrogens (tertiary/aromatic N) is 1. The third-order valence-electron chi connectivity index (χ3n) is 4.16. The molecule has 144 valence electrons. The first-order valence-electron chi connectivity index (χ1n) is 8.51. The zero-order valence-corrected chi connectivity index (χ0v) is 16.1. The van der Waals surface area contributed by atoms with Crippen molar-refractivity contribution in [2.75, 3.05) is 24.9 Å². The van der Waals surface area contributed by atoms with E-state index < -0.39 is 10.0 Å². The molecule has 7 nitrogen and oxygen atoms in total. The van der Waals surface area contributed by atoms with E-state index in [9.17, 15) is 13.2 Å². The van der Waals surface area contributed by atoms with Crippen LogP contribution in [0.1, 0.15) is 17.5 Å². The second-order valence-corrected chi connectivity index (χ2v) is 8.43. The van der Waals surface area contributed by atoms with Crippen LogP contribution in [-0.2, 0) is 21.4 Å². The molecule has 0 spiro atoms. The lowest BCUT2D eigenvalue weighted by Crippen LogP contribution is -2.32. The summed E-state index contributed by atoms with van der Waals surface area (Å²) in [6, 6.07) is 12.7. The number of rotatable bonds is 7. The summed E-state index contributed by atoms with van der Waals surface area (Å²) < 4.78 is 36.1. The largest absolute Gasteiger partial charge is 0.454 e. The van der Waals surface area contributed by atoms with Gasteiger partial charge in [0.05, 0.1) is 6.26 Å². The maximum atomic E-state index is 12.2. The number of hydrogen-bond acceptors (Lipinski definition) is 5. The summed E-state index contributed by atoms with van der Waals surface area (Å²) in [7, 11) is -3.47. The maximum absolute atomic E-state index is 12.2. The molecule has 0 radical (unpaired) electrons. The van der Waals surface area contributed by atoms with Crippen LogP contribution >= 0.6 is 0 Å².